The molecule has 1 saturated carbocycles. The fourth-order valence-corrected chi connectivity index (χ4v) is 4.70. The average molecular weight is 527 g/mol. The highest BCUT2D eigenvalue weighted by Gasteiger charge is 2.38. The molecule has 0 bridgehead atoms. The lowest BCUT2D eigenvalue weighted by Crippen LogP contribution is -2.34. The van der Waals surface area contributed by atoms with E-state index < -0.39 is 23.4 Å². The standard InChI is InChI=1S/C21H22BrF3N6O2/c1-20(6-5-10(26)7-20)31-18-28-9-13(21(23,24)25)16(30-18)12-8-27-17-11(12)3-4-14(15(17)22)29-19(32)33-2/h3-4,8-10,27H,5-7,26H2,1-2H3,(H,29,32)(H,28,30,31)/t10-,20?/m1/s1. The van der Waals surface area contributed by atoms with Gasteiger partial charge in [-0.3, -0.25) is 5.32 Å². The lowest BCUT2D eigenvalue weighted by molar-refractivity contribution is -0.137. The number of hydrogen-bond acceptors (Lipinski definition) is 6. The van der Waals surface area contributed by atoms with Gasteiger partial charge in [-0.15, -0.1) is 0 Å². The molecule has 5 N–H and O–H groups in total. The molecule has 3 aromatic rings. The quantitative estimate of drug-likeness (QED) is 0.368. The number of halogens is 4. The Morgan fingerprint density at radius 3 is 2.79 bits per heavy atom. The molecule has 0 radical (unpaired) electrons. The number of nitrogens with zero attached hydrogens (tertiary/aromatic N) is 2. The maximum Gasteiger partial charge on any atom is 0.419 e. The number of carbonyl (C=O) groups is 1. The van der Waals surface area contributed by atoms with E-state index in [-0.39, 0.29) is 23.2 Å². The van der Waals surface area contributed by atoms with Crippen LogP contribution >= 0.6 is 15.9 Å². The number of H-pyrrole nitrogens is 1. The Hall–Kier alpha value is -2.86. The van der Waals surface area contributed by atoms with E-state index in [2.05, 4.69) is 46.3 Å². The number of methoxy groups -OCH3 is 1. The number of aromatic amines is 1. The Morgan fingerprint density at radius 1 is 1.39 bits per heavy atom. The van der Waals surface area contributed by atoms with E-state index in [1.807, 2.05) is 6.92 Å². The van der Waals surface area contributed by atoms with Crippen molar-refractivity contribution in [2.75, 3.05) is 17.7 Å². The van der Waals surface area contributed by atoms with E-state index in [4.69, 9.17) is 5.73 Å². The van der Waals surface area contributed by atoms with E-state index in [0.717, 1.165) is 19.0 Å². The van der Waals surface area contributed by atoms with Gasteiger partial charge in [0.1, 0.15) is 5.56 Å². The van der Waals surface area contributed by atoms with Crippen molar-refractivity contribution in [2.45, 2.75) is 43.9 Å². The second kappa shape index (κ2) is 8.49. The number of benzene rings is 1. The minimum absolute atomic E-state index is 0.0233. The highest BCUT2D eigenvalue weighted by Crippen LogP contribution is 2.41. The summed E-state index contributed by atoms with van der Waals surface area (Å²) < 4.78 is 46.6. The largest absolute Gasteiger partial charge is 0.453 e. The first-order valence-corrected chi connectivity index (χ1v) is 10.9. The van der Waals surface area contributed by atoms with Crippen molar-refractivity contribution in [2.24, 2.45) is 5.73 Å². The molecule has 176 valence electrons. The van der Waals surface area contributed by atoms with Gasteiger partial charge in [0.15, 0.2) is 0 Å². The number of nitrogens with two attached hydrogens (primary N) is 1. The van der Waals surface area contributed by atoms with E-state index in [1.165, 1.54) is 13.3 Å². The van der Waals surface area contributed by atoms with Gasteiger partial charge in [-0.25, -0.2) is 14.8 Å². The molecule has 1 unspecified atom stereocenters. The fraction of sp³-hybridized carbons (Fsp3) is 0.381. The predicted octanol–water partition coefficient (Wildman–Crippen LogP) is 5.27. The SMILES string of the molecule is COC(=O)Nc1ccc2c(-c3nc(NC4(C)CC[C@@H](N)C4)ncc3C(F)(F)F)c[nH]c2c1Br. The summed E-state index contributed by atoms with van der Waals surface area (Å²) in [5, 5.41) is 6.20. The van der Waals surface area contributed by atoms with Gasteiger partial charge in [0.05, 0.1) is 28.5 Å². The molecular weight excluding hydrogens is 505 g/mol. The van der Waals surface area contributed by atoms with Crippen LogP contribution in [0, 0.1) is 0 Å². The van der Waals surface area contributed by atoms with Gasteiger partial charge in [0, 0.05) is 34.9 Å². The number of alkyl halides is 3. The molecular formula is C21H22BrF3N6O2. The topological polar surface area (TPSA) is 118 Å². The molecule has 0 spiro atoms. The minimum atomic E-state index is -4.65. The lowest BCUT2D eigenvalue weighted by Gasteiger charge is -2.26. The maximum atomic E-state index is 13.8. The summed E-state index contributed by atoms with van der Waals surface area (Å²) >= 11 is 3.39. The van der Waals surface area contributed by atoms with E-state index in [1.54, 1.807) is 12.1 Å². The van der Waals surface area contributed by atoms with Crippen molar-refractivity contribution < 1.29 is 22.7 Å². The van der Waals surface area contributed by atoms with Crippen LogP contribution in [0.5, 0.6) is 0 Å². The third-order valence-electron chi connectivity index (χ3n) is 5.76. The third-order valence-corrected chi connectivity index (χ3v) is 6.58. The monoisotopic (exact) mass is 526 g/mol. The van der Waals surface area contributed by atoms with Gasteiger partial charge < -0.3 is 20.8 Å². The Morgan fingerprint density at radius 2 is 2.15 bits per heavy atom. The molecule has 8 nitrogen and oxygen atoms in total. The predicted molar refractivity (Wildman–Crippen MR) is 122 cm³/mol. The van der Waals surface area contributed by atoms with Crippen molar-refractivity contribution in [3.8, 4) is 11.3 Å². The Kier molecular flexibility index (Phi) is 5.99. The zero-order valence-electron chi connectivity index (χ0n) is 17.8. The highest BCUT2D eigenvalue weighted by molar-refractivity contribution is 9.10. The summed E-state index contributed by atoms with van der Waals surface area (Å²) in [6.07, 6.45) is -0.828. The van der Waals surface area contributed by atoms with Crippen molar-refractivity contribution >= 4 is 44.6 Å². The van der Waals surface area contributed by atoms with Crippen LogP contribution in [0.2, 0.25) is 0 Å². The molecule has 2 heterocycles. The molecule has 0 aliphatic heterocycles. The smallest absolute Gasteiger partial charge is 0.419 e. The first kappa shape index (κ1) is 23.3. The Labute approximate surface area is 195 Å². The third kappa shape index (κ3) is 4.62. The van der Waals surface area contributed by atoms with Gasteiger partial charge in [0.2, 0.25) is 5.95 Å². The van der Waals surface area contributed by atoms with Gasteiger partial charge in [0.25, 0.3) is 0 Å². The number of fused-ring (bicyclic) bond motifs is 1. The number of rotatable bonds is 4. The Bertz CT molecular complexity index is 1210. The zero-order chi connectivity index (χ0) is 24.0. The summed E-state index contributed by atoms with van der Waals surface area (Å²) in [5.74, 6) is 0.104. The second-order valence-electron chi connectivity index (χ2n) is 8.31. The van der Waals surface area contributed by atoms with E-state index >= 15 is 0 Å². The van der Waals surface area contributed by atoms with Crippen LogP contribution in [0.1, 0.15) is 31.7 Å². The number of nitrogens with one attached hydrogen (secondary N) is 3. The van der Waals surface area contributed by atoms with Gasteiger partial charge in [-0.1, -0.05) is 6.07 Å². The number of anilines is 2. The number of amides is 1. The minimum Gasteiger partial charge on any atom is -0.453 e. The molecule has 12 heteroatoms. The summed E-state index contributed by atoms with van der Waals surface area (Å²) in [6.45, 7) is 1.96. The number of ether oxygens (including phenoxy) is 1. The molecule has 4 rings (SSSR count). The van der Waals surface area contributed by atoms with Crippen molar-refractivity contribution in [3.05, 3.63) is 34.6 Å². The van der Waals surface area contributed by atoms with Gasteiger partial charge >= 0.3 is 12.3 Å². The maximum absolute atomic E-state index is 13.8. The van der Waals surface area contributed by atoms with Crippen LogP contribution in [0.3, 0.4) is 0 Å². The summed E-state index contributed by atoms with van der Waals surface area (Å²) in [5.41, 5.74) is 5.55. The molecule has 1 aromatic carbocycles. The van der Waals surface area contributed by atoms with Crippen molar-refractivity contribution in [1.29, 1.82) is 0 Å². The molecule has 1 fully saturated rings. The van der Waals surface area contributed by atoms with Crippen LogP contribution in [0.4, 0.5) is 29.6 Å². The average Bonchev–Trinajstić information content (AvgIpc) is 3.32. The molecule has 1 aliphatic carbocycles. The first-order chi connectivity index (χ1) is 15.5. The van der Waals surface area contributed by atoms with Gasteiger partial charge in [-0.05, 0) is 48.2 Å². The van der Waals surface area contributed by atoms with E-state index in [0.29, 0.717) is 27.5 Å². The molecule has 33 heavy (non-hydrogen) atoms. The van der Waals surface area contributed by atoms with Crippen molar-refractivity contribution in [1.82, 2.24) is 15.0 Å². The highest BCUT2D eigenvalue weighted by atomic mass is 79.9. The second-order valence-corrected chi connectivity index (χ2v) is 9.10. The number of hydrogen-bond donors (Lipinski definition) is 4. The number of carbonyl (C=O) groups excluding carboxylic acids is 1. The van der Waals surface area contributed by atoms with Crippen LogP contribution in [-0.4, -0.2) is 39.7 Å². The molecule has 0 saturated heterocycles. The van der Waals surface area contributed by atoms with Crippen molar-refractivity contribution in [3.63, 3.8) is 0 Å². The Balaban J connectivity index is 1.79. The number of aromatic nitrogens is 3. The van der Waals surface area contributed by atoms with Crippen LogP contribution in [-0.2, 0) is 10.9 Å². The molecule has 2 atom stereocenters. The summed E-state index contributed by atoms with van der Waals surface area (Å²) in [4.78, 5) is 22.7. The lowest BCUT2D eigenvalue weighted by atomic mass is 10.0. The molecule has 1 amide bonds. The van der Waals surface area contributed by atoms with Gasteiger partial charge in [-0.2, -0.15) is 13.2 Å². The molecule has 1 aliphatic rings. The molecule has 2 aromatic heterocycles. The fourth-order valence-electron chi connectivity index (χ4n) is 4.14. The summed E-state index contributed by atoms with van der Waals surface area (Å²) in [6, 6.07) is 3.19. The first-order valence-electron chi connectivity index (χ1n) is 10.1. The normalized spacial score (nSPS) is 20.8. The van der Waals surface area contributed by atoms with Crippen LogP contribution in [0.25, 0.3) is 22.2 Å². The van der Waals surface area contributed by atoms with E-state index in [9.17, 15) is 18.0 Å². The van der Waals surface area contributed by atoms with Crippen LogP contribution in [0.15, 0.2) is 29.0 Å². The van der Waals surface area contributed by atoms with Crippen LogP contribution < -0.4 is 16.4 Å². The zero-order valence-corrected chi connectivity index (χ0v) is 19.4. The summed E-state index contributed by atoms with van der Waals surface area (Å²) in [7, 11) is 1.23.